The number of amides is 1. The zero-order valence-electron chi connectivity index (χ0n) is 15.8. The van der Waals surface area contributed by atoms with Gasteiger partial charge in [-0.1, -0.05) is 35.3 Å². The third-order valence-corrected chi connectivity index (χ3v) is 5.14. The molecular formula is C20H14Cl2F3N5O. The van der Waals surface area contributed by atoms with Crippen LogP contribution in [0.3, 0.4) is 0 Å². The van der Waals surface area contributed by atoms with Crippen molar-refractivity contribution in [2.45, 2.75) is 19.1 Å². The molecule has 31 heavy (non-hydrogen) atoms. The summed E-state index contributed by atoms with van der Waals surface area (Å²) in [5.74, 6) is -1.93. The van der Waals surface area contributed by atoms with Crippen LogP contribution in [0.4, 0.5) is 24.8 Å². The van der Waals surface area contributed by atoms with E-state index in [1.807, 2.05) is 0 Å². The van der Waals surface area contributed by atoms with Crippen LogP contribution in [0, 0.1) is 0 Å². The van der Waals surface area contributed by atoms with Gasteiger partial charge in [0.2, 0.25) is 5.95 Å². The summed E-state index contributed by atoms with van der Waals surface area (Å²) in [4.78, 5) is 16.7. The molecule has 4 rings (SSSR count). The summed E-state index contributed by atoms with van der Waals surface area (Å²) in [5.41, 5.74) is 1.53. The van der Waals surface area contributed by atoms with Crippen LogP contribution in [0.5, 0.6) is 0 Å². The fraction of sp³-hybridized carbons (Fsp3) is 0.150. The number of alkyl halides is 3. The van der Waals surface area contributed by atoms with Gasteiger partial charge in [-0.05, 0) is 48.9 Å². The van der Waals surface area contributed by atoms with Gasteiger partial charge in [-0.25, -0.2) is 4.68 Å². The maximum atomic E-state index is 13.2. The maximum Gasteiger partial charge on any atom is 0.453 e. The Morgan fingerprint density at radius 2 is 1.65 bits per heavy atom. The smallest absolute Gasteiger partial charge is 0.328 e. The van der Waals surface area contributed by atoms with Crippen LogP contribution in [-0.2, 0) is 11.0 Å². The molecule has 0 fully saturated rings. The molecule has 1 aliphatic rings. The van der Waals surface area contributed by atoms with Crippen LogP contribution in [0.25, 0.3) is 0 Å². The summed E-state index contributed by atoms with van der Waals surface area (Å²) in [6, 6.07) is 11.9. The number of fused-ring (bicyclic) bond motifs is 1. The van der Waals surface area contributed by atoms with Gasteiger partial charge in [0.1, 0.15) is 6.04 Å². The zero-order valence-corrected chi connectivity index (χ0v) is 17.3. The van der Waals surface area contributed by atoms with Gasteiger partial charge in [0, 0.05) is 21.4 Å². The van der Waals surface area contributed by atoms with Gasteiger partial charge >= 0.3 is 6.18 Å². The number of nitrogens with zero attached hydrogens (tertiary/aromatic N) is 3. The van der Waals surface area contributed by atoms with Crippen molar-refractivity contribution in [1.82, 2.24) is 14.8 Å². The first kappa shape index (κ1) is 21.2. The van der Waals surface area contributed by atoms with Crippen molar-refractivity contribution in [2.75, 3.05) is 10.6 Å². The van der Waals surface area contributed by atoms with Crippen molar-refractivity contribution in [1.29, 1.82) is 0 Å². The molecule has 3 aromatic rings. The fourth-order valence-corrected chi connectivity index (χ4v) is 3.50. The van der Waals surface area contributed by atoms with Gasteiger partial charge < -0.3 is 10.6 Å². The molecule has 2 aromatic carbocycles. The minimum Gasteiger partial charge on any atom is -0.328 e. The number of allylic oxidation sites excluding steroid dienone is 1. The molecule has 0 spiro atoms. The number of hydrogen-bond donors (Lipinski definition) is 2. The topological polar surface area (TPSA) is 71.8 Å². The molecule has 2 N–H and O–H groups in total. The zero-order chi connectivity index (χ0) is 22.3. The first-order valence-corrected chi connectivity index (χ1v) is 9.73. The quantitative estimate of drug-likeness (QED) is 0.530. The normalized spacial score (nSPS) is 16.0. The number of anilines is 2. The Balaban J connectivity index is 1.80. The number of hydrogen-bond acceptors (Lipinski definition) is 4. The summed E-state index contributed by atoms with van der Waals surface area (Å²) in [6.07, 6.45) is -4.74. The second-order valence-electron chi connectivity index (χ2n) is 6.78. The highest BCUT2D eigenvalue weighted by Gasteiger charge is 2.41. The highest BCUT2D eigenvalue weighted by molar-refractivity contribution is 6.30. The summed E-state index contributed by atoms with van der Waals surface area (Å²) in [5, 5.41) is 10.1. The van der Waals surface area contributed by atoms with E-state index in [1.54, 1.807) is 55.5 Å². The molecule has 0 aliphatic carbocycles. The molecule has 2 heterocycles. The predicted octanol–water partition coefficient (Wildman–Crippen LogP) is 5.53. The SMILES string of the molecule is CC1=C(C(=O)Nc2ccc(Cl)cc2)C(c2ccc(Cl)cc2)n2nc(C(F)(F)F)nc2N1. The molecule has 1 amide bonds. The molecule has 1 atom stereocenters. The second kappa shape index (κ2) is 7.90. The van der Waals surface area contributed by atoms with Crippen molar-refractivity contribution >= 4 is 40.7 Å². The van der Waals surface area contributed by atoms with Crippen molar-refractivity contribution in [3.63, 3.8) is 0 Å². The second-order valence-corrected chi connectivity index (χ2v) is 7.65. The van der Waals surface area contributed by atoms with Gasteiger partial charge in [-0.3, -0.25) is 4.79 Å². The number of halogens is 5. The van der Waals surface area contributed by atoms with Crippen molar-refractivity contribution in [3.8, 4) is 0 Å². The Morgan fingerprint density at radius 3 is 2.23 bits per heavy atom. The molecule has 6 nitrogen and oxygen atoms in total. The van der Waals surface area contributed by atoms with E-state index < -0.39 is 23.9 Å². The minimum absolute atomic E-state index is 0.118. The molecule has 1 aliphatic heterocycles. The number of aromatic nitrogens is 3. The Hall–Kier alpha value is -3.04. The summed E-state index contributed by atoms with van der Waals surface area (Å²) < 4.78 is 40.8. The van der Waals surface area contributed by atoms with E-state index in [-0.39, 0.29) is 11.5 Å². The van der Waals surface area contributed by atoms with Crippen molar-refractivity contribution < 1.29 is 18.0 Å². The van der Waals surface area contributed by atoms with E-state index >= 15 is 0 Å². The van der Waals surface area contributed by atoms with Gasteiger partial charge in [0.25, 0.3) is 11.7 Å². The molecule has 11 heteroatoms. The van der Waals surface area contributed by atoms with E-state index in [4.69, 9.17) is 23.2 Å². The lowest BCUT2D eigenvalue weighted by Gasteiger charge is -2.28. The third-order valence-electron chi connectivity index (χ3n) is 4.64. The summed E-state index contributed by atoms with van der Waals surface area (Å²) in [7, 11) is 0. The lowest BCUT2D eigenvalue weighted by atomic mass is 9.95. The van der Waals surface area contributed by atoms with Crippen LogP contribution in [0.1, 0.15) is 24.4 Å². The standard InChI is InChI=1S/C20H14Cl2F3N5O/c1-10-15(17(31)27-14-8-6-13(22)7-9-14)16(11-2-4-12(21)5-3-11)30-19(26-10)28-18(29-30)20(23,24)25/h2-9,16H,1H3,(H,27,31)(H,26,28,29). The molecule has 1 aromatic heterocycles. The van der Waals surface area contributed by atoms with E-state index in [0.717, 1.165) is 4.68 Å². The van der Waals surface area contributed by atoms with E-state index in [1.165, 1.54) is 0 Å². The third kappa shape index (κ3) is 4.24. The molecular weight excluding hydrogens is 454 g/mol. The van der Waals surface area contributed by atoms with Crippen LogP contribution in [-0.4, -0.2) is 20.7 Å². The Morgan fingerprint density at radius 1 is 1.06 bits per heavy atom. The average Bonchev–Trinajstić information content (AvgIpc) is 3.13. The minimum atomic E-state index is -4.74. The van der Waals surface area contributed by atoms with Crippen LogP contribution >= 0.6 is 23.2 Å². The van der Waals surface area contributed by atoms with E-state index in [2.05, 4.69) is 20.7 Å². The largest absolute Gasteiger partial charge is 0.453 e. The molecule has 0 radical (unpaired) electrons. The highest BCUT2D eigenvalue weighted by atomic mass is 35.5. The van der Waals surface area contributed by atoms with Crippen molar-refractivity contribution in [2.24, 2.45) is 0 Å². The number of rotatable bonds is 3. The van der Waals surface area contributed by atoms with Gasteiger partial charge in [0.15, 0.2) is 0 Å². The maximum absolute atomic E-state index is 13.2. The van der Waals surface area contributed by atoms with Gasteiger partial charge in [-0.15, -0.1) is 5.10 Å². The Kier molecular flexibility index (Phi) is 5.40. The number of nitrogens with one attached hydrogen (secondary N) is 2. The molecule has 1 unspecified atom stereocenters. The first-order chi connectivity index (χ1) is 14.6. The average molecular weight is 468 g/mol. The van der Waals surface area contributed by atoms with Crippen molar-refractivity contribution in [3.05, 3.63) is 81.2 Å². The number of carbonyl (C=O) groups is 1. The van der Waals surface area contributed by atoms with Crippen LogP contribution in [0.2, 0.25) is 10.0 Å². The molecule has 0 saturated carbocycles. The highest BCUT2D eigenvalue weighted by Crippen LogP contribution is 2.38. The van der Waals surface area contributed by atoms with E-state index in [0.29, 0.717) is 27.0 Å². The molecule has 0 bridgehead atoms. The number of carbonyl (C=O) groups excluding carboxylic acids is 1. The number of benzene rings is 2. The Labute approximate surface area is 184 Å². The van der Waals surface area contributed by atoms with E-state index in [9.17, 15) is 18.0 Å². The summed E-state index contributed by atoms with van der Waals surface area (Å²) >= 11 is 11.8. The van der Waals surface area contributed by atoms with Crippen LogP contribution < -0.4 is 10.6 Å². The predicted molar refractivity (Wildman–Crippen MR) is 111 cm³/mol. The van der Waals surface area contributed by atoms with Gasteiger partial charge in [-0.2, -0.15) is 18.2 Å². The first-order valence-electron chi connectivity index (χ1n) is 8.97. The fourth-order valence-electron chi connectivity index (χ4n) is 3.25. The summed E-state index contributed by atoms with van der Waals surface area (Å²) in [6.45, 7) is 1.59. The molecule has 160 valence electrons. The molecule has 0 saturated heterocycles. The van der Waals surface area contributed by atoms with Gasteiger partial charge in [0.05, 0.1) is 5.57 Å². The lowest BCUT2D eigenvalue weighted by molar-refractivity contribution is -0.145. The lowest BCUT2D eigenvalue weighted by Crippen LogP contribution is -2.31. The van der Waals surface area contributed by atoms with Crippen LogP contribution in [0.15, 0.2) is 59.8 Å². The monoisotopic (exact) mass is 467 g/mol. The Bertz CT molecular complexity index is 1170.